The number of aromatic nitrogens is 1. The maximum atomic E-state index is 14.2. The zero-order chi connectivity index (χ0) is 18.7. The van der Waals surface area contributed by atoms with E-state index in [1.807, 2.05) is 12.1 Å². The Morgan fingerprint density at radius 1 is 1.35 bits per heavy atom. The van der Waals surface area contributed by atoms with E-state index in [4.69, 9.17) is 16.3 Å². The Balaban J connectivity index is 1.74. The van der Waals surface area contributed by atoms with Crippen LogP contribution in [0.5, 0.6) is 0 Å². The fourth-order valence-electron chi connectivity index (χ4n) is 2.93. The van der Waals surface area contributed by atoms with E-state index < -0.39 is 23.4 Å². The number of nitrogens with zero attached hydrogens (tertiary/aromatic N) is 1. The quantitative estimate of drug-likeness (QED) is 0.830. The van der Waals surface area contributed by atoms with Crippen LogP contribution in [0.3, 0.4) is 0 Å². The maximum Gasteiger partial charge on any atom is 0.319 e. The first kappa shape index (κ1) is 18.5. The zero-order valence-corrected chi connectivity index (χ0v) is 14.8. The number of anilines is 1. The first-order chi connectivity index (χ1) is 12.5. The van der Waals surface area contributed by atoms with Crippen molar-refractivity contribution in [1.29, 1.82) is 0 Å². The van der Waals surface area contributed by atoms with Crippen LogP contribution in [0.1, 0.15) is 30.1 Å². The lowest BCUT2D eigenvalue weighted by atomic mass is 9.97. The number of nitrogens with one attached hydrogen (secondary N) is 2. The van der Waals surface area contributed by atoms with Gasteiger partial charge >= 0.3 is 6.03 Å². The van der Waals surface area contributed by atoms with E-state index in [1.54, 1.807) is 12.4 Å². The molecule has 1 fully saturated rings. The molecule has 2 amide bonds. The fraction of sp³-hybridized carbons (Fsp3) is 0.333. The average molecular weight is 382 g/mol. The van der Waals surface area contributed by atoms with Crippen molar-refractivity contribution in [1.82, 2.24) is 10.3 Å². The molecule has 1 aromatic carbocycles. The summed E-state index contributed by atoms with van der Waals surface area (Å²) in [4.78, 5) is 16.3. The van der Waals surface area contributed by atoms with Gasteiger partial charge in [-0.2, -0.15) is 0 Å². The second-order valence-electron chi connectivity index (χ2n) is 6.07. The number of hydrogen-bond donors (Lipinski definition) is 2. The molecule has 1 aliphatic rings. The summed E-state index contributed by atoms with van der Waals surface area (Å²) < 4.78 is 34.0. The van der Waals surface area contributed by atoms with Crippen molar-refractivity contribution in [3.63, 3.8) is 0 Å². The third-order valence-corrected chi connectivity index (χ3v) is 4.70. The van der Waals surface area contributed by atoms with E-state index in [1.165, 1.54) is 6.92 Å². The van der Waals surface area contributed by atoms with Crippen LogP contribution < -0.4 is 10.6 Å². The highest BCUT2D eigenvalue weighted by Gasteiger charge is 2.29. The molecule has 5 nitrogen and oxygen atoms in total. The van der Waals surface area contributed by atoms with E-state index in [-0.39, 0.29) is 22.7 Å². The molecule has 2 atom stereocenters. The first-order valence-electron chi connectivity index (χ1n) is 8.20. The molecule has 1 aliphatic heterocycles. The van der Waals surface area contributed by atoms with Gasteiger partial charge in [0, 0.05) is 29.6 Å². The number of hydrogen-bond acceptors (Lipinski definition) is 3. The predicted molar refractivity (Wildman–Crippen MR) is 94.2 cm³/mol. The summed E-state index contributed by atoms with van der Waals surface area (Å²) in [6.45, 7) is 1.99. The SMILES string of the molecule is Cc1c(Cl)cc(F)c(NC(=O)N[C@H]2CCCO[C@@H]2c2ccncc2)c1F. The molecule has 2 heterocycles. The van der Waals surface area contributed by atoms with Gasteiger partial charge in [-0.3, -0.25) is 4.98 Å². The van der Waals surface area contributed by atoms with Crippen molar-refractivity contribution in [2.24, 2.45) is 0 Å². The molecule has 8 heteroatoms. The van der Waals surface area contributed by atoms with Gasteiger partial charge < -0.3 is 15.4 Å². The number of amides is 2. The third kappa shape index (κ3) is 3.94. The highest BCUT2D eigenvalue weighted by atomic mass is 35.5. The summed E-state index contributed by atoms with van der Waals surface area (Å²) in [7, 11) is 0. The molecule has 2 aromatic rings. The Bertz CT molecular complexity index is 805. The molecule has 0 saturated carbocycles. The summed E-state index contributed by atoms with van der Waals surface area (Å²) in [6, 6.07) is 3.55. The summed E-state index contributed by atoms with van der Waals surface area (Å²) in [5.41, 5.74) is 0.422. The number of rotatable bonds is 3. The molecule has 0 bridgehead atoms. The van der Waals surface area contributed by atoms with Gasteiger partial charge in [0.05, 0.1) is 6.04 Å². The van der Waals surface area contributed by atoms with Gasteiger partial charge in [0.15, 0.2) is 11.6 Å². The van der Waals surface area contributed by atoms with Crippen LogP contribution in [-0.2, 0) is 4.74 Å². The van der Waals surface area contributed by atoms with Gasteiger partial charge in [-0.1, -0.05) is 11.6 Å². The highest BCUT2D eigenvalue weighted by molar-refractivity contribution is 6.31. The van der Waals surface area contributed by atoms with Crippen LogP contribution in [-0.4, -0.2) is 23.7 Å². The zero-order valence-electron chi connectivity index (χ0n) is 14.1. The minimum atomic E-state index is -0.932. The molecule has 26 heavy (non-hydrogen) atoms. The van der Waals surface area contributed by atoms with E-state index in [0.29, 0.717) is 13.0 Å². The first-order valence-corrected chi connectivity index (χ1v) is 8.58. The number of carbonyl (C=O) groups is 1. The van der Waals surface area contributed by atoms with Crippen molar-refractivity contribution < 1.29 is 18.3 Å². The Hall–Kier alpha value is -2.25. The Morgan fingerprint density at radius 3 is 2.81 bits per heavy atom. The number of benzene rings is 1. The molecule has 0 aliphatic carbocycles. The smallest absolute Gasteiger partial charge is 0.319 e. The molecule has 0 radical (unpaired) electrons. The van der Waals surface area contributed by atoms with Gasteiger partial charge in [0.25, 0.3) is 0 Å². The molecule has 1 aromatic heterocycles. The Kier molecular flexibility index (Phi) is 5.68. The lowest BCUT2D eigenvalue weighted by Crippen LogP contribution is -2.44. The van der Waals surface area contributed by atoms with Gasteiger partial charge in [-0.25, -0.2) is 13.6 Å². The molecular formula is C18H18ClF2N3O2. The molecule has 2 N–H and O–H groups in total. The molecule has 138 valence electrons. The van der Waals surface area contributed by atoms with Crippen molar-refractivity contribution in [2.45, 2.75) is 31.9 Å². The highest BCUT2D eigenvalue weighted by Crippen LogP contribution is 2.30. The maximum absolute atomic E-state index is 14.2. The third-order valence-electron chi connectivity index (χ3n) is 4.31. The van der Waals surface area contributed by atoms with Crippen LogP contribution in [0.25, 0.3) is 0 Å². The van der Waals surface area contributed by atoms with Crippen LogP contribution in [0.4, 0.5) is 19.3 Å². The number of halogens is 3. The normalized spacial score (nSPS) is 19.8. The monoisotopic (exact) mass is 381 g/mol. The molecule has 1 saturated heterocycles. The van der Waals surface area contributed by atoms with Gasteiger partial charge in [-0.15, -0.1) is 0 Å². The number of pyridine rings is 1. The van der Waals surface area contributed by atoms with Gasteiger partial charge in [0.2, 0.25) is 0 Å². The van der Waals surface area contributed by atoms with Crippen LogP contribution in [0, 0.1) is 18.6 Å². The summed E-state index contributed by atoms with van der Waals surface area (Å²) in [5, 5.41) is 4.94. The summed E-state index contributed by atoms with van der Waals surface area (Å²) in [5.74, 6) is -1.82. The predicted octanol–water partition coefficient (Wildman–Crippen LogP) is 4.36. The van der Waals surface area contributed by atoms with Crippen LogP contribution in [0.2, 0.25) is 5.02 Å². The van der Waals surface area contributed by atoms with Gasteiger partial charge in [-0.05, 0) is 43.5 Å². The number of ether oxygens (including phenoxy) is 1. The van der Waals surface area contributed by atoms with E-state index in [0.717, 1.165) is 18.1 Å². The molecule has 3 rings (SSSR count). The summed E-state index contributed by atoms with van der Waals surface area (Å²) >= 11 is 5.74. The Labute approximate surface area is 154 Å². The molecule has 0 unspecified atom stereocenters. The largest absolute Gasteiger partial charge is 0.371 e. The minimum Gasteiger partial charge on any atom is -0.371 e. The standard InChI is InChI=1S/C18H18ClF2N3O2/c1-10-12(19)9-13(20)16(15(10)21)24-18(25)23-14-3-2-8-26-17(14)11-4-6-22-7-5-11/h4-7,9,14,17H,2-3,8H2,1H3,(H2,23,24,25)/t14-,17+/m0/s1. The van der Waals surface area contributed by atoms with Crippen molar-refractivity contribution in [3.8, 4) is 0 Å². The van der Waals surface area contributed by atoms with Crippen molar-refractivity contribution >= 4 is 23.3 Å². The summed E-state index contributed by atoms with van der Waals surface area (Å²) in [6.07, 6.45) is 4.40. The number of carbonyl (C=O) groups excluding carboxylic acids is 1. The van der Waals surface area contributed by atoms with E-state index in [9.17, 15) is 13.6 Å². The number of urea groups is 1. The molecule has 0 spiro atoms. The lowest BCUT2D eigenvalue weighted by Gasteiger charge is -2.32. The lowest BCUT2D eigenvalue weighted by molar-refractivity contribution is -0.00701. The second-order valence-corrected chi connectivity index (χ2v) is 6.48. The molecular weight excluding hydrogens is 364 g/mol. The van der Waals surface area contributed by atoms with E-state index >= 15 is 0 Å². The minimum absolute atomic E-state index is 0.0376. The van der Waals surface area contributed by atoms with Crippen molar-refractivity contribution in [2.75, 3.05) is 11.9 Å². The van der Waals surface area contributed by atoms with Crippen LogP contribution in [0.15, 0.2) is 30.6 Å². The second kappa shape index (κ2) is 7.97. The van der Waals surface area contributed by atoms with Crippen LogP contribution >= 0.6 is 11.6 Å². The average Bonchev–Trinajstić information content (AvgIpc) is 2.65. The Morgan fingerprint density at radius 2 is 2.08 bits per heavy atom. The fourth-order valence-corrected chi connectivity index (χ4v) is 3.11. The topological polar surface area (TPSA) is 63.2 Å². The van der Waals surface area contributed by atoms with E-state index in [2.05, 4.69) is 15.6 Å². The van der Waals surface area contributed by atoms with Gasteiger partial charge in [0.1, 0.15) is 11.8 Å². The van der Waals surface area contributed by atoms with Crippen molar-refractivity contribution in [3.05, 3.63) is 58.4 Å².